The van der Waals surface area contributed by atoms with Gasteiger partial charge in [0, 0.05) is 12.5 Å². The molecule has 2 heterocycles. The van der Waals surface area contributed by atoms with Crippen molar-refractivity contribution in [3.05, 3.63) is 9.78 Å². The summed E-state index contributed by atoms with van der Waals surface area (Å²) in [6.07, 6.45) is 3.96. The predicted octanol–water partition coefficient (Wildman–Crippen LogP) is 1.27. The minimum absolute atomic E-state index is 0.290. The molecule has 2 aliphatic heterocycles. The van der Waals surface area contributed by atoms with E-state index >= 15 is 0 Å². The molecule has 0 radical (unpaired) electrons. The fourth-order valence-electron chi connectivity index (χ4n) is 1.30. The molecule has 1 saturated heterocycles. The smallest absolute Gasteiger partial charge is 0.229 e. The molecule has 9 heavy (non-hydrogen) atoms. The Morgan fingerprint density at radius 3 is 3.00 bits per heavy atom. The minimum Gasteiger partial charge on any atom is -0.303 e. The van der Waals surface area contributed by atoms with E-state index in [0.29, 0.717) is 6.04 Å². The van der Waals surface area contributed by atoms with Crippen LogP contribution in [0.3, 0.4) is 0 Å². The second kappa shape index (κ2) is 1.71. The summed E-state index contributed by atoms with van der Waals surface area (Å²) < 4.78 is 1.12. The molecule has 0 unspecified atom stereocenters. The third-order valence-electron chi connectivity index (χ3n) is 1.83. The molecule has 0 spiro atoms. The molecule has 2 rings (SSSR count). The Morgan fingerprint density at radius 1 is 1.78 bits per heavy atom. The molecular formula is C6H6INO. The third kappa shape index (κ3) is 0.639. The molecule has 0 saturated carbocycles. The zero-order chi connectivity index (χ0) is 6.43. The SMILES string of the molecule is O=C1C[C@H]2CC=C(I)N12. The highest BCUT2D eigenvalue weighted by Gasteiger charge is 2.40. The van der Waals surface area contributed by atoms with Crippen LogP contribution in [0.15, 0.2) is 9.78 Å². The molecule has 0 aromatic carbocycles. The number of halogens is 1. The highest BCUT2D eigenvalue weighted by Crippen LogP contribution is 2.36. The van der Waals surface area contributed by atoms with Gasteiger partial charge in [0.1, 0.15) is 0 Å². The zero-order valence-corrected chi connectivity index (χ0v) is 6.96. The first-order valence-electron chi connectivity index (χ1n) is 2.97. The van der Waals surface area contributed by atoms with E-state index in [2.05, 4.69) is 28.7 Å². The number of rotatable bonds is 0. The molecule has 48 valence electrons. The topological polar surface area (TPSA) is 20.3 Å². The van der Waals surface area contributed by atoms with Gasteiger partial charge in [0.2, 0.25) is 5.91 Å². The van der Waals surface area contributed by atoms with Crippen LogP contribution < -0.4 is 0 Å². The van der Waals surface area contributed by atoms with Gasteiger partial charge in [0.05, 0.1) is 3.70 Å². The normalized spacial score (nSPS) is 31.7. The van der Waals surface area contributed by atoms with Crippen molar-refractivity contribution in [3.63, 3.8) is 0 Å². The van der Waals surface area contributed by atoms with Crippen LogP contribution in [0.25, 0.3) is 0 Å². The van der Waals surface area contributed by atoms with Gasteiger partial charge >= 0.3 is 0 Å². The number of hydrogen-bond donors (Lipinski definition) is 0. The fourth-order valence-corrected chi connectivity index (χ4v) is 2.21. The van der Waals surface area contributed by atoms with E-state index in [9.17, 15) is 4.79 Å². The number of β-lactam (4-membered cyclic amide) rings is 1. The Morgan fingerprint density at radius 2 is 2.56 bits per heavy atom. The van der Waals surface area contributed by atoms with Crippen molar-refractivity contribution in [2.45, 2.75) is 18.9 Å². The molecule has 1 fully saturated rings. The maximum absolute atomic E-state index is 10.8. The average Bonchev–Trinajstić information content (AvgIpc) is 2.04. The maximum atomic E-state index is 10.8. The van der Waals surface area contributed by atoms with Crippen LogP contribution in [-0.4, -0.2) is 16.8 Å². The summed E-state index contributed by atoms with van der Waals surface area (Å²) in [5.74, 6) is 0.290. The Labute approximate surface area is 67.0 Å². The Hall–Kier alpha value is -0.0600. The zero-order valence-electron chi connectivity index (χ0n) is 4.80. The maximum Gasteiger partial charge on any atom is 0.229 e. The van der Waals surface area contributed by atoms with Gasteiger partial charge in [-0.05, 0) is 29.0 Å². The third-order valence-corrected chi connectivity index (χ3v) is 2.79. The van der Waals surface area contributed by atoms with Crippen LogP contribution in [0, 0.1) is 0 Å². The first-order valence-corrected chi connectivity index (χ1v) is 4.04. The van der Waals surface area contributed by atoms with Crippen molar-refractivity contribution >= 4 is 28.5 Å². The average molecular weight is 235 g/mol. The molecular weight excluding hydrogens is 229 g/mol. The first-order chi connectivity index (χ1) is 4.29. The van der Waals surface area contributed by atoms with Gasteiger partial charge < -0.3 is 4.90 Å². The van der Waals surface area contributed by atoms with Crippen molar-refractivity contribution in [2.24, 2.45) is 0 Å². The number of hydrogen-bond acceptors (Lipinski definition) is 1. The van der Waals surface area contributed by atoms with Crippen molar-refractivity contribution in [2.75, 3.05) is 0 Å². The van der Waals surface area contributed by atoms with E-state index in [1.807, 2.05) is 4.90 Å². The summed E-state index contributed by atoms with van der Waals surface area (Å²) >= 11 is 2.21. The molecule has 0 aliphatic carbocycles. The van der Waals surface area contributed by atoms with Gasteiger partial charge in [-0.2, -0.15) is 0 Å². The number of amides is 1. The Balaban J connectivity index is 2.24. The van der Waals surface area contributed by atoms with E-state index in [-0.39, 0.29) is 5.91 Å². The lowest BCUT2D eigenvalue weighted by Crippen LogP contribution is -2.47. The number of carbonyl (C=O) groups is 1. The van der Waals surface area contributed by atoms with Gasteiger partial charge in [-0.1, -0.05) is 6.08 Å². The summed E-state index contributed by atoms with van der Waals surface area (Å²) in [7, 11) is 0. The highest BCUT2D eigenvalue weighted by atomic mass is 127. The summed E-state index contributed by atoms with van der Waals surface area (Å²) in [6, 6.07) is 0.532. The van der Waals surface area contributed by atoms with Crippen molar-refractivity contribution in [1.29, 1.82) is 0 Å². The van der Waals surface area contributed by atoms with Crippen LogP contribution in [0.1, 0.15) is 12.8 Å². The van der Waals surface area contributed by atoms with Gasteiger partial charge in [-0.3, -0.25) is 4.79 Å². The summed E-state index contributed by atoms with van der Waals surface area (Å²) in [5, 5.41) is 0. The molecule has 1 atom stereocenters. The van der Waals surface area contributed by atoms with E-state index < -0.39 is 0 Å². The van der Waals surface area contributed by atoms with Gasteiger partial charge in [-0.15, -0.1) is 0 Å². The van der Waals surface area contributed by atoms with Crippen LogP contribution >= 0.6 is 22.6 Å². The minimum atomic E-state index is 0.290. The van der Waals surface area contributed by atoms with E-state index in [1.165, 1.54) is 0 Å². The largest absolute Gasteiger partial charge is 0.303 e. The fraction of sp³-hybridized carbons (Fsp3) is 0.500. The number of nitrogens with zero attached hydrogens (tertiary/aromatic N) is 1. The monoisotopic (exact) mass is 235 g/mol. The number of fused-ring (bicyclic) bond motifs is 1. The second-order valence-electron chi connectivity index (χ2n) is 2.38. The molecule has 3 heteroatoms. The van der Waals surface area contributed by atoms with E-state index in [4.69, 9.17) is 0 Å². The van der Waals surface area contributed by atoms with E-state index in [0.717, 1.165) is 16.5 Å². The van der Waals surface area contributed by atoms with Gasteiger partial charge in [-0.25, -0.2) is 0 Å². The molecule has 2 aliphatic rings. The summed E-state index contributed by atoms with van der Waals surface area (Å²) in [5.41, 5.74) is 0. The second-order valence-corrected chi connectivity index (χ2v) is 3.49. The summed E-state index contributed by atoms with van der Waals surface area (Å²) in [4.78, 5) is 12.7. The van der Waals surface area contributed by atoms with Crippen molar-refractivity contribution in [1.82, 2.24) is 4.90 Å². The lowest BCUT2D eigenvalue weighted by Gasteiger charge is -2.34. The van der Waals surface area contributed by atoms with Crippen molar-refractivity contribution < 1.29 is 4.79 Å². The van der Waals surface area contributed by atoms with Crippen LogP contribution in [0.4, 0.5) is 0 Å². The highest BCUT2D eigenvalue weighted by molar-refractivity contribution is 14.1. The molecule has 0 N–H and O–H groups in total. The standard InChI is InChI=1S/C6H6INO/c7-5-2-1-4-3-6(9)8(4)5/h2,4H,1,3H2/t4-/m1/s1. The van der Waals surface area contributed by atoms with Crippen LogP contribution in [0.2, 0.25) is 0 Å². The lowest BCUT2D eigenvalue weighted by molar-refractivity contribution is -0.140. The predicted molar refractivity (Wildman–Crippen MR) is 42.0 cm³/mol. The quantitative estimate of drug-likeness (QED) is 0.351. The Bertz CT molecular complexity index is 199. The lowest BCUT2D eigenvalue weighted by atomic mass is 10.0. The Kier molecular flexibility index (Phi) is 1.09. The first kappa shape index (κ1) is 5.70. The van der Waals surface area contributed by atoms with Crippen molar-refractivity contribution in [3.8, 4) is 0 Å². The molecule has 1 amide bonds. The molecule has 0 bridgehead atoms. The van der Waals surface area contributed by atoms with Crippen LogP contribution in [0.5, 0.6) is 0 Å². The molecule has 0 aromatic rings. The van der Waals surface area contributed by atoms with Gasteiger partial charge in [0.25, 0.3) is 0 Å². The molecule has 0 aromatic heterocycles. The molecule has 2 nitrogen and oxygen atoms in total. The van der Waals surface area contributed by atoms with Gasteiger partial charge in [0.15, 0.2) is 0 Å². The summed E-state index contributed by atoms with van der Waals surface area (Å²) in [6.45, 7) is 0. The number of carbonyl (C=O) groups excluding carboxylic acids is 1. The van der Waals surface area contributed by atoms with Crippen LogP contribution in [-0.2, 0) is 4.79 Å². The van der Waals surface area contributed by atoms with E-state index in [1.54, 1.807) is 0 Å².